The van der Waals surface area contributed by atoms with Gasteiger partial charge in [-0.05, 0) is 29.8 Å². The number of ether oxygens (including phenoxy) is 1. The van der Waals surface area contributed by atoms with Crippen LogP contribution >= 0.6 is 35.0 Å². The van der Waals surface area contributed by atoms with Crippen LogP contribution in [0.25, 0.3) is 0 Å². The Morgan fingerprint density at radius 1 is 1.00 bits per heavy atom. The lowest BCUT2D eigenvalue weighted by Crippen LogP contribution is -2.04. The smallest absolute Gasteiger partial charge is 0.191 e. The summed E-state index contributed by atoms with van der Waals surface area (Å²) in [6.45, 7) is 0.362. The predicted molar refractivity (Wildman–Crippen MR) is 97.8 cm³/mol. The Balaban J connectivity index is 1.64. The van der Waals surface area contributed by atoms with E-state index in [0.29, 0.717) is 22.4 Å². The summed E-state index contributed by atoms with van der Waals surface area (Å²) < 4.78 is 7.63. The minimum Gasteiger partial charge on any atom is -0.486 e. The molecule has 0 N–H and O–H groups in total. The van der Waals surface area contributed by atoms with Crippen molar-refractivity contribution in [1.29, 1.82) is 0 Å². The van der Waals surface area contributed by atoms with Gasteiger partial charge in [0.15, 0.2) is 11.0 Å². The van der Waals surface area contributed by atoms with Gasteiger partial charge >= 0.3 is 0 Å². The van der Waals surface area contributed by atoms with Crippen LogP contribution in [-0.2, 0) is 19.4 Å². The first-order valence-electron chi connectivity index (χ1n) is 7.27. The third kappa shape index (κ3) is 4.04. The van der Waals surface area contributed by atoms with Crippen LogP contribution in [0, 0.1) is 0 Å². The minimum absolute atomic E-state index is 0.362. The molecule has 0 aliphatic rings. The van der Waals surface area contributed by atoms with Crippen molar-refractivity contribution in [1.82, 2.24) is 14.8 Å². The minimum atomic E-state index is 0.362. The maximum absolute atomic E-state index is 6.20. The van der Waals surface area contributed by atoms with Crippen molar-refractivity contribution in [3.05, 3.63) is 70.0 Å². The fourth-order valence-corrected chi connectivity index (χ4v) is 3.74. The third-order valence-corrected chi connectivity index (χ3v) is 5.20. The number of benzene rings is 2. The number of aromatic nitrogens is 3. The number of para-hydroxylation sites is 1. The summed E-state index contributed by atoms with van der Waals surface area (Å²) in [7, 11) is 1.92. The van der Waals surface area contributed by atoms with Gasteiger partial charge in [0.1, 0.15) is 12.4 Å². The van der Waals surface area contributed by atoms with Gasteiger partial charge in [-0.15, -0.1) is 10.2 Å². The Morgan fingerprint density at radius 2 is 1.71 bits per heavy atom. The molecule has 0 saturated heterocycles. The Morgan fingerprint density at radius 3 is 2.42 bits per heavy atom. The molecule has 3 aromatic rings. The number of halogens is 2. The summed E-state index contributed by atoms with van der Waals surface area (Å²) in [5.41, 5.74) is 0.899. The lowest BCUT2D eigenvalue weighted by molar-refractivity contribution is 0.290. The molecule has 0 aliphatic heterocycles. The zero-order valence-corrected chi connectivity index (χ0v) is 15.3. The monoisotopic (exact) mass is 379 g/mol. The molecule has 0 aliphatic carbocycles. The highest BCUT2D eigenvalue weighted by molar-refractivity contribution is 7.98. The number of hydrogen-bond donors (Lipinski definition) is 0. The third-order valence-electron chi connectivity index (χ3n) is 3.44. The Labute approximate surface area is 154 Å². The second-order valence-electron chi connectivity index (χ2n) is 5.05. The van der Waals surface area contributed by atoms with Gasteiger partial charge in [0.25, 0.3) is 0 Å². The molecule has 3 rings (SSSR count). The van der Waals surface area contributed by atoms with Gasteiger partial charge in [0.2, 0.25) is 0 Å². The standard InChI is InChI=1S/C17H15Cl2N3OS/c1-22-16(10-23-12-6-3-2-4-7-12)20-21-17(22)24-11-13-14(18)8-5-9-15(13)19/h2-9H,10-11H2,1H3. The van der Waals surface area contributed by atoms with Crippen molar-refractivity contribution in [2.45, 2.75) is 17.5 Å². The van der Waals surface area contributed by atoms with E-state index in [9.17, 15) is 0 Å². The molecule has 4 nitrogen and oxygen atoms in total. The summed E-state index contributed by atoms with van der Waals surface area (Å²) in [4.78, 5) is 0. The highest BCUT2D eigenvalue weighted by Crippen LogP contribution is 2.30. The molecular weight excluding hydrogens is 365 g/mol. The second-order valence-corrected chi connectivity index (χ2v) is 6.81. The summed E-state index contributed by atoms with van der Waals surface area (Å²) in [6.07, 6.45) is 0. The Hall–Kier alpha value is -1.69. The average molecular weight is 380 g/mol. The molecule has 0 spiro atoms. The van der Waals surface area contributed by atoms with E-state index >= 15 is 0 Å². The Bertz CT molecular complexity index is 804. The van der Waals surface area contributed by atoms with E-state index in [1.165, 1.54) is 11.8 Å². The molecule has 124 valence electrons. The number of thioether (sulfide) groups is 1. The SMILES string of the molecule is Cn1c(COc2ccccc2)nnc1SCc1c(Cl)cccc1Cl. The van der Waals surface area contributed by atoms with E-state index in [1.807, 2.05) is 60.1 Å². The first-order valence-corrected chi connectivity index (χ1v) is 9.01. The van der Waals surface area contributed by atoms with Gasteiger partial charge in [0, 0.05) is 22.8 Å². The fourth-order valence-electron chi connectivity index (χ4n) is 2.07. The Kier molecular flexibility index (Phi) is 5.66. The quantitative estimate of drug-likeness (QED) is 0.565. The first-order chi connectivity index (χ1) is 11.6. The summed E-state index contributed by atoms with van der Waals surface area (Å²) >= 11 is 13.9. The van der Waals surface area contributed by atoms with E-state index in [4.69, 9.17) is 27.9 Å². The van der Waals surface area contributed by atoms with Crippen LogP contribution in [0.3, 0.4) is 0 Å². The van der Waals surface area contributed by atoms with Gasteiger partial charge in [-0.2, -0.15) is 0 Å². The van der Waals surface area contributed by atoms with Crippen molar-refractivity contribution >= 4 is 35.0 Å². The normalized spacial score (nSPS) is 10.8. The highest BCUT2D eigenvalue weighted by Gasteiger charge is 2.12. The lowest BCUT2D eigenvalue weighted by atomic mass is 10.2. The van der Waals surface area contributed by atoms with E-state index in [1.54, 1.807) is 0 Å². The maximum Gasteiger partial charge on any atom is 0.191 e. The van der Waals surface area contributed by atoms with Gasteiger partial charge in [-0.1, -0.05) is 59.2 Å². The van der Waals surface area contributed by atoms with Crippen molar-refractivity contribution in [3.63, 3.8) is 0 Å². The molecule has 0 unspecified atom stereocenters. The largest absolute Gasteiger partial charge is 0.486 e. The zero-order chi connectivity index (χ0) is 16.9. The summed E-state index contributed by atoms with van der Waals surface area (Å²) in [5, 5.41) is 10.5. The summed E-state index contributed by atoms with van der Waals surface area (Å²) in [5.74, 6) is 2.19. The molecule has 0 fully saturated rings. The fraction of sp³-hybridized carbons (Fsp3) is 0.176. The lowest BCUT2D eigenvalue weighted by Gasteiger charge is -2.08. The van der Waals surface area contributed by atoms with E-state index in [2.05, 4.69) is 10.2 Å². The van der Waals surface area contributed by atoms with Crippen LogP contribution in [0.15, 0.2) is 53.7 Å². The number of hydrogen-bond acceptors (Lipinski definition) is 4. The molecule has 7 heteroatoms. The van der Waals surface area contributed by atoms with E-state index < -0.39 is 0 Å². The molecular formula is C17H15Cl2N3OS. The van der Waals surface area contributed by atoms with Gasteiger partial charge in [0.05, 0.1) is 0 Å². The topological polar surface area (TPSA) is 39.9 Å². The molecule has 0 bridgehead atoms. The molecule has 0 amide bonds. The summed E-state index contributed by atoms with van der Waals surface area (Å²) in [6, 6.07) is 15.1. The highest BCUT2D eigenvalue weighted by atomic mass is 35.5. The number of nitrogens with zero attached hydrogens (tertiary/aromatic N) is 3. The maximum atomic E-state index is 6.20. The van der Waals surface area contributed by atoms with E-state index in [-0.39, 0.29) is 0 Å². The molecule has 0 radical (unpaired) electrons. The van der Waals surface area contributed by atoms with Crippen molar-refractivity contribution in [2.75, 3.05) is 0 Å². The molecule has 1 heterocycles. The van der Waals surface area contributed by atoms with Crippen LogP contribution in [0.1, 0.15) is 11.4 Å². The van der Waals surface area contributed by atoms with Crippen LogP contribution in [0.4, 0.5) is 0 Å². The average Bonchev–Trinajstić information content (AvgIpc) is 2.94. The first kappa shape index (κ1) is 17.1. The van der Waals surface area contributed by atoms with Crippen molar-refractivity contribution in [2.24, 2.45) is 7.05 Å². The van der Waals surface area contributed by atoms with Crippen LogP contribution in [-0.4, -0.2) is 14.8 Å². The van der Waals surface area contributed by atoms with Crippen LogP contribution < -0.4 is 4.74 Å². The van der Waals surface area contributed by atoms with Crippen molar-refractivity contribution < 1.29 is 4.74 Å². The van der Waals surface area contributed by atoms with Gasteiger partial charge in [-0.3, -0.25) is 0 Å². The zero-order valence-electron chi connectivity index (χ0n) is 12.9. The molecule has 0 saturated carbocycles. The molecule has 24 heavy (non-hydrogen) atoms. The predicted octanol–water partition coefficient (Wildman–Crippen LogP) is 4.99. The molecule has 2 aromatic carbocycles. The second kappa shape index (κ2) is 7.92. The number of rotatable bonds is 6. The van der Waals surface area contributed by atoms with Crippen molar-refractivity contribution in [3.8, 4) is 5.75 Å². The molecule has 1 aromatic heterocycles. The van der Waals surface area contributed by atoms with Gasteiger partial charge in [-0.25, -0.2) is 0 Å². The van der Waals surface area contributed by atoms with Gasteiger partial charge < -0.3 is 9.30 Å². The van der Waals surface area contributed by atoms with Crippen LogP contribution in [0.5, 0.6) is 5.75 Å². The van der Waals surface area contributed by atoms with E-state index in [0.717, 1.165) is 22.3 Å². The molecule has 0 atom stereocenters. The van der Waals surface area contributed by atoms with Crippen LogP contribution in [0.2, 0.25) is 10.0 Å².